The average Bonchev–Trinajstić information content (AvgIpc) is 2.30. The molecule has 0 aliphatic heterocycles. The van der Waals surface area contributed by atoms with Crippen molar-refractivity contribution in [1.29, 1.82) is 0 Å². The van der Waals surface area contributed by atoms with Crippen molar-refractivity contribution in [3.63, 3.8) is 0 Å². The number of aryl methyl sites for hydroxylation is 1. The fourth-order valence-corrected chi connectivity index (χ4v) is 1.73. The normalized spacial score (nSPS) is 10.4. The number of ether oxygens (including phenoxy) is 1. The van der Waals surface area contributed by atoms with Crippen molar-refractivity contribution in [2.45, 2.75) is 45.4 Å². The first-order valence-corrected chi connectivity index (χ1v) is 6.46. The summed E-state index contributed by atoms with van der Waals surface area (Å²) < 4.78 is 5.68. The Morgan fingerprint density at radius 3 is 2.75 bits per heavy atom. The lowest BCUT2D eigenvalue weighted by atomic mass is 10.2. The van der Waals surface area contributed by atoms with Crippen LogP contribution in [0.25, 0.3) is 0 Å². The second-order valence-corrected chi connectivity index (χ2v) is 4.21. The zero-order chi connectivity index (χ0) is 11.8. The van der Waals surface area contributed by atoms with Gasteiger partial charge in [-0.1, -0.05) is 26.2 Å². The molecule has 3 heteroatoms. The Balaban J connectivity index is 2.41. The Morgan fingerprint density at radius 1 is 1.25 bits per heavy atom. The van der Waals surface area contributed by atoms with Crippen molar-refractivity contribution < 1.29 is 4.74 Å². The molecule has 0 spiro atoms. The van der Waals surface area contributed by atoms with Gasteiger partial charge in [0.1, 0.15) is 5.75 Å². The van der Waals surface area contributed by atoms with Crippen LogP contribution in [0.3, 0.4) is 0 Å². The first-order valence-electron chi connectivity index (χ1n) is 5.93. The first-order chi connectivity index (χ1) is 7.77. The molecule has 0 radical (unpaired) electrons. The Morgan fingerprint density at radius 2 is 2.06 bits per heavy atom. The van der Waals surface area contributed by atoms with Gasteiger partial charge in [-0.15, -0.1) is 11.6 Å². The molecule has 2 nitrogen and oxygen atoms in total. The first kappa shape index (κ1) is 13.3. The summed E-state index contributed by atoms with van der Waals surface area (Å²) in [5.74, 6) is 1.24. The summed E-state index contributed by atoms with van der Waals surface area (Å²) in [7, 11) is 0. The molecule has 90 valence electrons. The van der Waals surface area contributed by atoms with Gasteiger partial charge in [-0.3, -0.25) is 4.98 Å². The minimum absolute atomic E-state index is 0.409. The Kier molecular flexibility index (Phi) is 6.24. The Labute approximate surface area is 103 Å². The largest absolute Gasteiger partial charge is 0.492 e. The summed E-state index contributed by atoms with van der Waals surface area (Å²) >= 11 is 5.82. The number of rotatable bonds is 7. The van der Waals surface area contributed by atoms with Crippen molar-refractivity contribution in [2.24, 2.45) is 0 Å². The van der Waals surface area contributed by atoms with E-state index in [1.54, 1.807) is 0 Å². The molecule has 0 aliphatic rings. The third-order valence-corrected chi connectivity index (χ3v) is 2.71. The van der Waals surface area contributed by atoms with Crippen LogP contribution in [-0.2, 0) is 5.88 Å². The molecule has 1 aromatic heterocycles. The van der Waals surface area contributed by atoms with Crippen LogP contribution in [0.4, 0.5) is 0 Å². The van der Waals surface area contributed by atoms with E-state index < -0.39 is 0 Å². The molecule has 0 bridgehead atoms. The molecule has 1 rings (SSSR count). The van der Waals surface area contributed by atoms with Crippen molar-refractivity contribution in [3.05, 3.63) is 23.5 Å². The van der Waals surface area contributed by atoms with Gasteiger partial charge in [-0.2, -0.15) is 0 Å². The molecule has 1 aromatic rings. The van der Waals surface area contributed by atoms with Crippen LogP contribution in [0.2, 0.25) is 0 Å². The molecular formula is C13H20ClNO. The van der Waals surface area contributed by atoms with Crippen LogP contribution < -0.4 is 4.74 Å². The summed E-state index contributed by atoms with van der Waals surface area (Å²) in [5.41, 5.74) is 1.83. The van der Waals surface area contributed by atoms with Crippen molar-refractivity contribution in [3.8, 4) is 5.75 Å². The molecule has 0 amide bonds. The topological polar surface area (TPSA) is 22.1 Å². The number of hydrogen-bond donors (Lipinski definition) is 0. The Hall–Kier alpha value is -0.760. The molecule has 0 saturated heterocycles. The number of unbranched alkanes of at least 4 members (excludes halogenated alkanes) is 3. The number of pyridine rings is 1. The summed E-state index contributed by atoms with van der Waals surface area (Å²) in [6.45, 7) is 4.92. The van der Waals surface area contributed by atoms with Crippen LogP contribution in [0.5, 0.6) is 5.75 Å². The number of hydrogen-bond acceptors (Lipinski definition) is 2. The Bertz CT molecular complexity index is 315. The summed E-state index contributed by atoms with van der Waals surface area (Å²) in [5, 5.41) is 0. The average molecular weight is 242 g/mol. The van der Waals surface area contributed by atoms with Gasteiger partial charge in [-0.25, -0.2) is 0 Å². The summed E-state index contributed by atoms with van der Waals surface area (Å²) in [6, 6.07) is 3.91. The van der Waals surface area contributed by atoms with Crippen LogP contribution in [0.1, 0.15) is 44.0 Å². The fourth-order valence-electron chi connectivity index (χ4n) is 1.54. The highest BCUT2D eigenvalue weighted by Crippen LogP contribution is 2.19. The van der Waals surface area contributed by atoms with Gasteiger partial charge in [0.2, 0.25) is 0 Å². The molecule has 16 heavy (non-hydrogen) atoms. The number of alkyl halides is 1. The zero-order valence-electron chi connectivity index (χ0n) is 10.1. The zero-order valence-corrected chi connectivity index (χ0v) is 10.9. The van der Waals surface area contributed by atoms with E-state index >= 15 is 0 Å². The number of halogens is 1. The molecule has 0 N–H and O–H groups in total. The third kappa shape index (κ3) is 4.40. The van der Waals surface area contributed by atoms with Crippen LogP contribution in [0, 0.1) is 6.92 Å². The van der Waals surface area contributed by atoms with Gasteiger partial charge in [0.05, 0.1) is 18.2 Å². The van der Waals surface area contributed by atoms with E-state index in [-0.39, 0.29) is 0 Å². The van der Waals surface area contributed by atoms with E-state index in [0.717, 1.165) is 30.2 Å². The third-order valence-electron chi connectivity index (χ3n) is 2.45. The van der Waals surface area contributed by atoms with E-state index in [2.05, 4.69) is 11.9 Å². The molecule has 0 aromatic carbocycles. The molecule has 0 saturated carbocycles. The predicted octanol–water partition coefficient (Wildman–Crippen LogP) is 4.09. The number of aromatic nitrogens is 1. The quantitative estimate of drug-likeness (QED) is 0.530. The second-order valence-electron chi connectivity index (χ2n) is 3.94. The molecule has 1 heterocycles. The lowest BCUT2D eigenvalue weighted by Crippen LogP contribution is -2.01. The molecular weight excluding hydrogens is 222 g/mol. The molecule has 0 atom stereocenters. The van der Waals surface area contributed by atoms with Crippen molar-refractivity contribution >= 4 is 11.6 Å². The lowest BCUT2D eigenvalue weighted by Gasteiger charge is -2.09. The standard InChI is InChI=1S/C13H20ClNO/c1-3-4-5-6-9-16-13-8-7-11(2)15-12(13)10-14/h7-8H,3-6,9-10H2,1-2H3. The van der Waals surface area contributed by atoms with Crippen LogP contribution >= 0.6 is 11.6 Å². The highest BCUT2D eigenvalue weighted by molar-refractivity contribution is 6.17. The summed E-state index contributed by atoms with van der Waals surface area (Å²) in [4.78, 5) is 4.35. The lowest BCUT2D eigenvalue weighted by molar-refractivity contribution is 0.301. The van der Waals surface area contributed by atoms with E-state index in [4.69, 9.17) is 16.3 Å². The van der Waals surface area contributed by atoms with Crippen LogP contribution in [-0.4, -0.2) is 11.6 Å². The molecule has 0 fully saturated rings. The highest BCUT2D eigenvalue weighted by atomic mass is 35.5. The van der Waals surface area contributed by atoms with Gasteiger partial charge in [0, 0.05) is 5.69 Å². The second kappa shape index (κ2) is 7.50. The van der Waals surface area contributed by atoms with Gasteiger partial charge < -0.3 is 4.74 Å². The maximum absolute atomic E-state index is 5.82. The molecule has 0 aliphatic carbocycles. The SMILES string of the molecule is CCCCCCOc1ccc(C)nc1CCl. The van der Waals surface area contributed by atoms with E-state index in [1.165, 1.54) is 19.3 Å². The summed E-state index contributed by atoms with van der Waals surface area (Å²) in [6.07, 6.45) is 4.85. The van der Waals surface area contributed by atoms with E-state index in [1.807, 2.05) is 19.1 Å². The smallest absolute Gasteiger partial charge is 0.142 e. The van der Waals surface area contributed by atoms with Gasteiger partial charge in [0.15, 0.2) is 0 Å². The van der Waals surface area contributed by atoms with Crippen LogP contribution in [0.15, 0.2) is 12.1 Å². The van der Waals surface area contributed by atoms with E-state index in [0.29, 0.717) is 5.88 Å². The minimum Gasteiger partial charge on any atom is -0.492 e. The maximum atomic E-state index is 5.82. The van der Waals surface area contributed by atoms with Gasteiger partial charge in [0.25, 0.3) is 0 Å². The van der Waals surface area contributed by atoms with Gasteiger partial charge >= 0.3 is 0 Å². The highest BCUT2D eigenvalue weighted by Gasteiger charge is 2.04. The minimum atomic E-state index is 0.409. The maximum Gasteiger partial charge on any atom is 0.142 e. The molecule has 0 unspecified atom stereocenters. The fraction of sp³-hybridized carbons (Fsp3) is 0.615. The van der Waals surface area contributed by atoms with E-state index in [9.17, 15) is 0 Å². The monoisotopic (exact) mass is 241 g/mol. The van der Waals surface area contributed by atoms with Crippen molar-refractivity contribution in [1.82, 2.24) is 4.98 Å². The number of nitrogens with zero attached hydrogens (tertiary/aromatic N) is 1. The van der Waals surface area contributed by atoms with Gasteiger partial charge in [-0.05, 0) is 25.5 Å². The predicted molar refractivity (Wildman–Crippen MR) is 68.2 cm³/mol. The van der Waals surface area contributed by atoms with Crippen molar-refractivity contribution in [2.75, 3.05) is 6.61 Å².